The minimum absolute atomic E-state index is 0.0127. The van der Waals surface area contributed by atoms with Gasteiger partial charge in [0, 0.05) is 25.1 Å². The number of carboxylic acid groups (broad SMARTS) is 1. The number of esters is 1. The summed E-state index contributed by atoms with van der Waals surface area (Å²) in [5, 5.41) is 21.4. The SMILES string of the molecule is CC(=O)O[C@H](C(=O)O)c1ccccc1.CC(C)(C)OC(=O)N1[C@H]2CC[C@@H]1[C@H](CO)NC2. The maximum atomic E-state index is 12.1. The summed E-state index contributed by atoms with van der Waals surface area (Å²) in [6, 6.07) is 8.62. The Balaban J connectivity index is 0.000000225. The molecular weight excluding hydrogens is 404 g/mol. The third-order valence-corrected chi connectivity index (χ3v) is 5.04. The van der Waals surface area contributed by atoms with Crippen molar-refractivity contribution in [3.05, 3.63) is 35.9 Å². The lowest BCUT2D eigenvalue weighted by atomic mass is 10.1. The first kappa shape index (κ1) is 24.6. The molecule has 0 saturated carbocycles. The lowest BCUT2D eigenvalue weighted by molar-refractivity contribution is -0.163. The number of aliphatic hydroxyl groups is 1. The number of hydrogen-bond acceptors (Lipinski definition) is 7. The van der Waals surface area contributed by atoms with Crippen molar-refractivity contribution in [3.63, 3.8) is 0 Å². The predicted octanol–water partition coefficient (Wildman–Crippen LogP) is 2.09. The zero-order valence-corrected chi connectivity index (χ0v) is 18.4. The van der Waals surface area contributed by atoms with Gasteiger partial charge in [0.1, 0.15) is 5.60 Å². The minimum Gasteiger partial charge on any atom is -0.478 e. The highest BCUT2D eigenvalue weighted by Crippen LogP contribution is 2.31. The number of amides is 1. The van der Waals surface area contributed by atoms with Gasteiger partial charge in [0.2, 0.25) is 6.10 Å². The maximum Gasteiger partial charge on any atom is 0.410 e. The van der Waals surface area contributed by atoms with Crippen molar-refractivity contribution in [2.24, 2.45) is 0 Å². The van der Waals surface area contributed by atoms with E-state index in [9.17, 15) is 19.5 Å². The van der Waals surface area contributed by atoms with Gasteiger partial charge >= 0.3 is 18.0 Å². The van der Waals surface area contributed by atoms with Crippen molar-refractivity contribution in [1.29, 1.82) is 0 Å². The molecule has 2 heterocycles. The smallest absolute Gasteiger partial charge is 0.410 e. The molecule has 4 atom stereocenters. The van der Waals surface area contributed by atoms with Gasteiger partial charge in [0.25, 0.3) is 0 Å². The summed E-state index contributed by atoms with van der Waals surface area (Å²) in [6.45, 7) is 7.62. The predicted molar refractivity (Wildman–Crippen MR) is 112 cm³/mol. The van der Waals surface area contributed by atoms with Crippen LogP contribution in [-0.2, 0) is 19.1 Å². The molecule has 2 fully saturated rings. The Hall–Kier alpha value is -2.65. The summed E-state index contributed by atoms with van der Waals surface area (Å²) in [4.78, 5) is 35.4. The van der Waals surface area contributed by atoms with Gasteiger partial charge in [-0.2, -0.15) is 0 Å². The number of aliphatic hydroxyl groups excluding tert-OH is 1. The number of nitrogens with one attached hydrogen (secondary N) is 1. The van der Waals surface area contributed by atoms with Gasteiger partial charge in [-0.3, -0.25) is 9.69 Å². The lowest BCUT2D eigenvalue weighted by Gasteiger charge is -2.40. The van der Waals surface area contributed by atoms with Crippen LogP contribution in [0.4, 0.5) is 4.79 Å². The average molecular weight is 437 g/mol. The van der Waals surface area contributed by atoms with Crippen LogP contribution in [0.15, 0.2) is 30.3 Å². The molecule has 3 rings (SSSR count). The van der Waals surface area contributed by atoms with Crippen LogP contribution in [0.1, 0.15) is 52.2 Å². The van der Waals surface area contributed by atoms with Gasteiger partial charge in [0.05, 0.1) is 18.7 Å². The normalized spacial score (nSPS) is 23.3. The van der Waals surface area contributed by atoms with Crippen molar-refractivity contribution >= 4 is 18.0 Å². The number of fused-ring (bicyclic) bond motifs is 2. The molecule has 0 spiro atoms. The fourth-order valence-electron chi connectivity index (χ4n) is 3.77. The number of benzene rings is 1. The third kappa shape index (κ3) is 6.93. The molecule has 9 heteroatoms. The van der Waals surface area contributed by atoms with Crippen LogP contribution in [0.2, 0.25) is 0 Å². The van der Waals surface area contributed by atoms with E-state index in [0.29, 0.717) is 5.56 Å². The maximum absolute atomic E-state index is 12.1. The molecule has 9 nitrogen and oxygen atoms in total. The van der Waals surface area contributed by atoms with Gasteiger partial charge in [-0.1, -0.05) is 30.3 Å². The molecule has 2 bridgehead atoms. The third-order valence-electron chi connectivity index (χ3n) is 5.04. The first-order chi connectivity index (χ1) is 14.5. The molecule has 0 radical (unpaired) electrons. The van der Waals surface area contributed by atoms with Crippen LogP contribution in [0.3, 0.4) is 0 Å². The van der Waals surface area contributed by atoms with E-state index in [4.69, 9.17) is 9.84 Å². The molecule has 2 aliphatic rings. The van der Waals surface area contributed by atoms with E-state index in [-0.39, 0.29) is 30.8 Å². The van der Waals surface area contributed by atoms with Crippen molar-refractivity contribution in [3.8, 4) is 0 Å². The molecule has 0 unspecified atom stereocenters. The monoisotopic (exact) mass is 436 g/mol. The highest BCUT2D eigenvalue weighted by atomic mass is 16.6. The van der Waals surface area contributed by atoms with Gasteiger partial charge in [0.15, 0.2) is 0 Å². The fraction of sp³-hybridized carbons (Fsp3) is 0.591. The van der Waals surface area contributed by atoms with Crippen LogP contribution in [0, 0.1) is 0 Å². The Labute approximate surface area is 182 Å². The summed E-state index contributed by atoms with van der Waals surface area (Å²) in [5.41, 5.74) is -0.00830. The van der Waals surface area contributed by atoms with E-state index in [1.807, 2.05) is 25.7 Å². The van der Waals surface area contributed by atoms with E-state index in [1.54, 1.807) is 30.3 Å². The van der Waals surface area contributed by atoms with Crippen LogP contribution >= 0.6 is 0 Å². The summed E-state index contributed by atoms with van der Waals surface area (Å²) >= 11 is 0. The molecular formula is C22H32N2O7. The van der Waals surface area contributed by atoms with Gasteiger partial charge in [-0.25, -0.2) is 9.59 Å². The summed E-state index contributed by atoms with van der Waals surface area (Å²) in [5.74, 6) is -1.78. The molecule has 1 aromatic carbocycles. The Morgan fingerprint density at radius 2 is 1.84 bits per heavy atom. The number of rotatable bonds is 4. The molecule has 0 aliphatic carbocycles. The molecule has 0 aromatic heterocycles. The number of nitrogens with zero attached hydrogens (tertiary/aromatic N) is 1. The second-order valence-corrected chi connectivity index (χ2v) is 8.62. The van der Waals surface area contributed by atoms with E-state index >= 15 is 0 Å². The van der Waals surface area contributed by atoms with E-state index in [0.717, 1.165) is 19.4 Å². The Morgan fingerprint density at radius 3 is 2.35 bits per heavy atom. The Bertz CT molecular complexity index is 763. The zero-order chi connectivity index (χ0) is 23.2. The van der Waals surface area contributed by atoms with Crippen LogP contribution < -0.4 is 5.32 Å². The van der Waals surface area contributed by atoms with Crippen molar-refractivity contribution in [2.75, 3.05) is 13.2 Å². The first-order valence-electron chi connectivity index (χ1n) is 10.3. The standard InChI is InChI=1S/C12H22N2O3.C10H10O4/c1-12(2,3)17-11(16)14-8-4-5-10(14)9(7-15)13-6-8;1-7(11)14-9(10(12)13)8-5-3-2-4-6-8/h8-10,13,15H,4-7H2,1-3H3;2-6,9H,1H3,(H,12,13)/t8-,9-,10+;9-/m00/s1. The second-order valence-electron chi connectivity index (χ2n) is 8.62. The van der Waals surface area contributed by atoms with Crippen molar-refractivity contribution in [2.45, 2.75) is 70.4 Å². The van der Waals surface area contributed by atoms with Gasteiger partial charge < -0.3 is 25.0 Å². The quantitative estimate of drug-likeness (QED) is 0.613. The number of piperazine rings is 1. The molecule has 1 amide bonds. The lowest BCUT2D eigenvalue weighted by Crippen LogP contribution is -2.61. The van der Waals surface area contributed by atoms with Gasteiger partial charge in [-0.05, 0) is 33.6 Å². The molecule has 1 aromatic rings. The molecule has 172 valence electrons. The molecule has 3 N–H and O–H groups in total. The van der Waals surface area contributed by atoms with Crippen molar-refractivity contribution in [1.82, 2.24) is 10.2 Å². The van der Waals surface area contributed by atoms with Crippen LogP contribution in [0.25, 0.3) is 0 Å². The fourth-order valence-corrected chi connectivity index (χ4v) is 3.77. The Morgan fingerprint density at radius 1 is 1.19 bits per heavy atom. The molecule has 2 aliphatic heterocycles. The van der Waals surface area contributed by atoms with Crippen molar-refractivity contribution < 1.29 is 34.1 Å². The highest BCUT2D eigenvalue weighted by Gasteiger charge is 2.45. The molecule has 31 heavy (non-hydrogen) atoms. The number of ether oxygens (including phenoxy) is 2. The summed E-state index contributed by atoms with van der Waals surface area (Å²) in [7, 11) is 0. The summed E-state index contributed by atoms with van der Waals surface area (Å²) < 4.78 is 10.1. The highest BCUT2D eigenvalue weighted by molar-refractivity contribution is 5.78. The largest absolute Gasteiger partial charge is 0.478 e. The van der Waals surface area contributed by atoms with E-state index in [2.05, 4.69) is 10.1 Å². The summed E-state index contributed by atoms with van der Waals surface area (Å²) in [6.07, 6.45) is 0.480. The minimum atomic E-state index is -1.21. The Kier molecular flexibility index (Phi) is 8.41. The zero-order valence-electron chi connectivity index (χ0n) is 18.4. The first-order valence-corrected chi connectivity index (χ1v) is 10.3. The topological polar surface area (TPSA) is 125 Å². The number of carbonyl (C=O) groups is 3. The average Bonchev–Trinajstić information content (AvgIpc) is 3.00. The number of carboxylic acids is 1. The number of aliphatic carboxylic acids is 1. The van der Waals surface area contributed by atoms with Crippen LogP contribution in [0.5, 0.6) is 0 Å². The molecule has 2 saturated heterocycles. The van der Waals surface area contributed by atoms with E-state index in [1.165, 1.54) is 6.92 Å². The van der Waals surface area contributed by atoms with E-state index < -0.39 is 23.6 Å². The second kappa shape index (κ2) is 10.6. The number of carbonyl (C=O) groups excluding carboxylic acids is 2. The number of hydrogen-bond donors (Lipinski definition) is 3. The van der Waals surface area contributed by atoms with Crippen LogP contribution in [-0.4, -0.2) is 70.0 Å². The van der Waals surface area contributed by atoms with Gasteiger partial charge in [-0.15, -0.1) is 0 Å².